The number of fused-ring (bicyclic) bond motifs is 5. The molecule has 5 fully saturated rings. The van der Waals surface area contributed by atoms with Gasteiger partial charge in [-0.2, -0.15) is 0 Å². The van der Waals surface area contributed by atoms with E-state index in [-0.39, 0.29) is 17.4 Å². The lowest BCUT2D eigenvalue weighted by atomic mass is 9.42. The first-order valence-electron chi connectivity index (χ1n) is 11.8. The zero-order valence-corrected chi connectivity index (χ0v) is 17.3. The van der Waals surface area contributed by atoms with Crippen LogP contribution in [0.15, 0.2) is 0 Å². The van der Waals surface area contributed by atoms with E-state index in [0.717, 1.165) is 32.0 Å². The molecule has 4 heteroatoms. The Morgan fingerprint density at radius 2 is 1.63 bits per heavy atom. The van der Waals surface area contributed by atoms with Crippen molar-refractivity contribution in [3.8, 4) is 0 Å². The summed E-state index contributed by atoms with van der Waals surface area (Å²) in [5.41, 5.74) is 0.183. The molecule has 4 N–H and O–H groups in total. The second-order valence-electron chi connectivity index (χ2n) is 11.2. The SMILES string of the molecule is C[C@@]12CCC[C@H]1[C@@H]1CCC3CCC(C4CNCCN4)C(O)(O)[C@]3(C)[C@H]1CC2. The third-order valence-electron chi connectivity index (χ3n) is 10.4. The Morgan fingerprint density at radius 1 is 0.815 bits per heavy atom. The highest BCUT2D eigenvalue weighted by atomic mass is 16.5. The molecule has 4 nitrogen and oxygen atoms in total. The van der Waals surface area contributed by atoms with Crippen LogP contribution in [-0.4, -0.2) is 41.7 Å². The maximum Gasteiger partial charge on any atom is 0.172 e. The van der Waals surface area contributed by atoms with E-state index in [1.54, 1.807) is 0 Å². The van der Waals surface area contributed by atoms with E-state index in [0.29, 0.717) is 23.2 Å². The van der Waals surface area contributed by atoms with Crippen molar-refractivity contribution >= 4 is 0 Å². The minimum Gasteiger partial charge on any atom is -0.365 e. The van der Waals surface area contributed by atoms with Gasteiger partial charge in [-0.15, -0.1) is 0 Å². The highest BCUT2D eigenvalue weighted by Crippen LogP contribution is 2.68. The summed E-state index contributed by atoms with van der Waals surface area (Å²) < 4.78 is 0. The number of aliphatic hydroxyl groups is 2. The molecule has 5 rings (SSSR count). The van der Waals surface area contributed by atoms with E-state index < -0.39 is 5.79 Å². The average Bonchev–Trinajstić information content (AvgIpc) is 3.05. The van der Waals surface area contributed by atoms with Gasteiger partial charge in [-0.3, -0.25) is 0 Å². The number of hydrogen-bond donors (Lipinski definition) is 4. The van der Waals surface area contributed by atoms with Gasteiger partial charge < -0.3 is 20.8 Å². The summed E-state index contributed by atoms with van der Waals surface area (Å²) >= 11 is 0. The van der Waals surface area contributed by atoms with Crippen molar-refractivity contribution in [3.05, 3.63) is 0 Å². The second-order valence-corrected chi connectivity index (χ2v) is 11.2. The third kappa shape index (κ3) is 2.55. The molecule has 27 heavy (non-hydrogen) atoms. The Morgan fingerprint density at radius 3 is 2.41 bits per heavy atom. The zero-order valence-electron chi connectivity index (χ0n) is 17.3. The molecule has 5 aliphatic rings. The standard InChI is InChI=1S/C23H40N2O2/c1-21-10-3-4-17(21)16-7-5-15-6-8-19(20-14-24-12-13-25-20)23(26,27)22(15,2)18(16)9-11-21/h15-20,24-27H,3-14H2,1-2H3/t15?,16-,17-,18-,19?,20?,21-,22-/m0/s1. The summed E-state index contributed by atoms with van der Waals surface area (Å²) in [4.78, 5) is 0. The van der Waals surface area contributed by atoms with Gasteiger partial charge >= 0.3 is 0 Å². The normalized spacial score (nSPS) is 54.7. The van der Waals surface area contributed by atoms with Crippen LogP contribution in [0.4, 0.5) is 0 Å². The molecule has 4 saturated carbocycles. The fraction of sp³-hybridized carbons (Fsp3) is 1.00. The molecular formula is C23H40N2O2. The number of rotatable bonds is 1. The molecule has 0 bridgehead atoms. The van der Waals surface area contributed by atoms with Crippen molar-refractivity contribution in [1.29, 1.82) is 0 Å². The van der Waals surface area contributed by atoms with E-state index in [1.165, 1.54) is 51.4 Å². The zero-order chi connectivity index (χ0) is 18.9. The number of hydrogen-bond acceptors (Lipinski definition) is 4. The van der Waals surface area contributed by atoms with E-state index in [1.807, 2.05) is 0 Å². The first-order chi connectivity index (χ1) is 12.9. The molecule has 4 aliphatic carbocycles. The van der Waals surface area contributed by atoms with Crippen LogP contribution in [0.2, 0.25) is 0 Å². The Balaban J connectivity index is 1.47. The monoisotopic (exact) mass is 376 g/mol. The summed E-state index contributed by atoms with van der Waals surface area (Å²) in [6.07, 6.45) is 11.3. The summed E-state index contributed by atoms with van der Waals surface area (Å²) in [6, 6.07) is 0.187. The summed E-state index contributed by atoms with van der Waals surface area (Å²) in [7, 11) is 0. The molecule has 8 atom stereocenters. The summed E-state index contributed by atoms with van der Waals surface area (Å²) in [5.74, 6) is 0.890. The molecule has 0 aromatic heterocycles. The first kappa shape index (κ1) is 18.8. The maximum absolute atomic E-state index is 11.8. The van der Waals surface area contributed by atoms with Crippen molar-refractivity contribution in [1.82, 2.24) is 10.6 Å². The van der Waals surface area contributed by atoms with Gasteiger partial charge in [0, 0.05) is 37.0 Å². The molecule has 0 amide bonds. The molecule has 154 valence electrons. The van der Waals surface area contributed by atoms with E-state index in [2.05, 4.69) is 24.5 Å². The minimum absolute atomic E-state index is 0.0535. The fourth-order valence-corrected chi connectivity index (χ4v) is 8.86. The van der Waals surface area contributed by atoms with Crippen molar-refractivity contribution in [3.63, 3.8) is 0 Å². The van der Waals surface area contributed by atoms with Gasteiger partial charge in [-0.25, -0.2) is 0 Å². The van der Waals surface area contributed by atoms with Gasteiger partial charge in [-0.05, 0) is 80.5 Å². The predicted molar refractivity (Wildman–Crippen MR) is 107 cm³/mol. The highest BCUT2D eigenvalue weighted by molar-refractivity contribution is 5.13. The first-order valence-corrected chi connectivity index (χ1v) is 11.8. The quantitative estimate of drug-likeness (QED) is 0.532. The van der Waals surface area contributed by atoms with Crippen molar-refractivity contribution in [2.45, 2.75) is 83.5 Å². The average molecular weight is 377 g/mol. The smallest absolute Gasteiger partial charge is 0.172 e. The molecule has 1 heterocycles. The van der Waals surface area contributed by atoms with Gasteiger partial charge in [-0.1, -0.05) is 20.3 Å². The van der Waals surface area contributed by atoms with Gasteiger partial charge in [0.05, 0.1) is 0 Å². The van der Waals surface area contributed by atoms with Gasteiger partial charge in [0.1, 0.15) is 0 Å². The molecule has 0 aromatic carbocycles. The maximum atomic E-state index is 11.8. The lowest BCUT2D eigenvalue weighted by molar-refractivity contribution is -0.341. The third-order valence-corrected chi connectivity index (χ3v) is 10.4. The minimum atomic E-state index is -1.55. The number of nitrogens with one attached hydrogen (secondary N) is 2. The van der Waals surface area contributed by atoms with Crippen LogP contribution in [0.25, 0.3) is 0 Å². The largest absolute Gasteiger partial charge is 0.365 e. The summed E-state index contributed by atoms with van der Waals surface area (Å²) in [6.45, 7) is 7.58. The Hall–Kier alpha value is -0.160. The molecule has 1 saturated heterocycles. The molecule has 3 unspecified atom stereocenters. The van der Waals surface area contributed by atoms with Crippen LogP contribution >= 0.6 is 0 Å². The van der Waals surface area contributed by atoms with Crippen molar-refractivity contribution < 1.29 is 10.2 Å². The van der Waals surface area contributed by atoms with Crippen LogP contribution in [0.5, 0.6) is 0 Å². The lowest BCUT2D eigenvalue weighted by Gasteiger charge is -2.65. The fourth-order valence-electron chi connectivity index (χ4n) is 8.86. The van der Waals surface area contributed by atoms with Gasteiger partial charge in [0.25, 0.3) is 0 Å². The Kier molecular flexibility index (Phi) is 4.48. The van der Waals surface area contributed by atoms with E-state index in [4.69, 9.17) is 0 Å². The van der Waals surface area contributed by atoms with E-state index >= 15 is 0 Å². The van der Waals surface area contributed by atoms with Crippen LogP contribution in [0.1, 0.15) is 71.6 Å². The molecule has 0 aromatic rings. The van der Waals surface area contributed by atoms with Crippen LogP contribution in [0.3, 0.4) is 0 Å². The lowest BCUT2D eigenvalue weighted by Crippen LogP contribution is -2.70. The van der Waals surface area contributed by atoms with Crippen LogP contribution in [-0.2, 0) is 0 Å². The number of piperazine rings is 1. The van der Waals surface area contributed by atoms with Gasteiger partial charge in [0.2, 0.25) is 0 Å². The highest BCUT2D eigenvalue weighted by Gasteiger charge is 2.67. The summed E-state index contributed by atoms with van der Waals surface area (Å²) in [5, 5.41) is 30.6. The topological polar surface area (TPSA) is 64.5 Å². The second kappa shape index (κ2) is 6.42. The Bertz CT molecular complexity index is 575. The molecule has 0 spiro atoms. The van der Waals surface area contributed by atoms with Gasteiger partial charge in [0.15, 0.2) is 5.79 Å². The van der Waals surface area contributed by atoms with Crippen molar-refractivity contribution in [2.24, 2.45) is 40.4 Å². The molecule has 0 radical (unpaired) electrons. The Labute approximate surface area is 164 Å². The predicted octanol–water partition coefficient (Wildman–Crippen LogP) is 2.89. The van der Waals surface area contributed by atoms with Crippen molar-refractivity contribution in [2.75, 3.05) is 19.6 Å². The van der Waals surface area contributed by atoms with E-state index in [9.17, 15) is 10.2 Å². The molecular weight excluding hydrogens is 336 g/mol. The van der Waals surface area contributed by atoms with Crippen LogP contribution < -0.4 is 10.6 Å². The molecule has 1 aliphatic heterocycles. The van der Waals surface area contributed by atoms with Crippen LogP contribution in [0, 0.1) is 40.4 Å².